The van der Waals surface area contributed by atoms with Crippen LogP contribution in [0, 0.1) is 0 Å². The zero-order valence-corrected chi connectivity index (χ0v) is 12.3. The Kier molecular flexibility index (Phi) is 4.72. The number of hydrogen-bond donors (Lipinski definition) is 2. The fraction of sp³-hybridized carbons (Fsp3) is 0.615. The molecule has 0 bridgehead atoms. The van der Waals surface area contributed by atoms with Crippen molar-refractivity contribution < 1.29 is 13.6 Å². The zero-order valence-electron chi connectivity index (χ0n) is 11.5. The molecule has 0 spiro atoms. The van der Waals surface area contributed by atoms with Crippen LogP contribution in [-0.4, -0.2) is 50.0 Å². The van der Waals surface area contributed by atoms with Gasteiger partial charge in [-0.05, 0) is 36.5 Å². The zero-order chi connectivity index (χ0) is 14.8. The highest BCUT2D eigenvalue weighted by molar-refractivity contribution is 7.07. The molecular formula is C13H19F2N3OS. The van der Waals surface area contributed by atoms with Gasteiger partial charge < -0.3 is 10.2 Å². The van der Waals surface area contributed by atoms with E-state index in [2.05, 4.69) is 10.6 Å². The quantitative estimate of drug-likeness (QED) is 0.866. The average Bonchev–Trinajstić information content (AvgIpc) is 2.98. The minimum absolute atomic E-state index is 0.0483. The maximum atomic E-state index is 13.1. The number of nitrogens with zero attached hydrogens (tertiary/aromatic N) is 1. The Bertz CT molecular complexity index is 450. The fourth-order valence-electron chi connectivity index (χ4n) is 2.28. The molecule has 0 aromatic carbocycles. The monoisotopic (exact) mass is 303 g/mol. The van der Waals surface area contributed by atoms with Gasteiger partial charge in [-0.1, -0.05) is 0 Å². The van der Waals surface area contributed by atoms with E-state index in [0.717, 1.165) is 5.56 Å². The number of hydrogen-bond acceptors (Lipinski definition) is 4. The maximum Gasteiger partial charge on any atom is 0.262 e. The molecule has 20 heavy (non-hydrogen) atoms. The molecule has 1 aromatic rings. The highest BCUT2D eigenvalue weighted by Gasteiger charge is 2.42. The van der Waals surface area contributed by atoms with Crippen LogP contribution in [0.2, 0.25) is 0 Å². The molecule has 1 aliphatic heterocycles. The lowest BCUT2D eigenvalue weighted by molar-refractivity contribution is -0.123. The SMILES string of the molecule is CN(C)C(CNC(=O)C1CC(F)(F)CN1)c1ccsc1. The third-order valence-corrected chi connectivity index (χ3v) is 4.15. The Labute approximate surface area is 121 Å². The van der Waals surface area contributed by atoms with Crippen LogP contribution in [0.3, 0.4) is 0 Å². The van der Waals surface area contributed by atoms with E-state index in [1.165, 1.54) is 0 Å². The molecule has 1 fully saturated rings. The van der Waals surface area contributed by atoms with Crippen molar-refractivity contribution >= 4 is 17.2 Å². The third-order valence-electron chi connectivity index (χ3n) is 3.45. The summed E-state index contributed by atoms with van der Waals surface area (Å²) in [7, 11) is 3.85. The fourth-order valence-corrected chi connectivity index (χ4v) is 2.99. The Balaban J connectivity index is 1.89. The number of alkyl halides is 2. The van der Waals surface area contributed by atoms with E-state index in [1.54, 1.807) is 11.3 Å². The topological polar surface area (TPSA) is 44.4 Å². The first-order chi connectivity index (χ1) is 9.39. The lowest BCUT2D eigenvalue weighted by Gasteiger charge is -2.24. The van der Waals surface area contributed by atoms with Crippen LogP contribution in [0.25, 0.3) is 0 Å². The van der Waals surface area contributed by atoms with Crippen LogP contribution in [-0.2, 0) is 4.79 Å². The van der Waals surface area contributed by atoms with Crippen molar-refractivity contribution in [2.45, 2.75) is 24.4 Å². The smallest absolute Gasteiger partial charge is 0.262 e. The molecule has 2 rings (SSSR count). The lowest BCUT2D eigenvalue weighted by atomic mass is 10.1. The number of amides is 1. The summed E-state index contributed by atoms with van der Waals surface area (Å²) in [6.45, 7) is -0.0148. The molecule has 2 atom stereocenters. The number of halogens is 2. The molecule has 4 nitrogen and oxygen atoms in total. The van der Waals surface area contributed by atoms with Crippen molar-refractivity contribution in [2.75, 3.05) is 27.2 Å². The molecule has 1 aliphatic rings. The van der Waals surface area contributed by atoms with Gasteiger partial charge in [0.25, 0.3) is 5.92 Å². The van der Waals surface area contributed by atoms with Gasteiger partial charge in [0, 0.05) is 13.0 Å². The summed E-state index contributed by atoms with van der Waals surface area (Å²) in [5.41, 5.74) is 1.12. The van der Waals surface area contributed by atoms with Crippen molar-refractivity contribution in [1.82, 2.24) is 15.5 Å². The maximum absolute atomic E-state index is 13.1. The number of likely N-dealkylation sites (N-methyl/N-ethyl adjacent to an activating group) is 1. The molecule has 1 amide bonds. The molecular weight excluding hydrogens is 284 g/mol. The number of rotatable bonds is 5. The van der Waals surface area contributed by atoms with Gasteiger partial charge in [0.05, 0.1) is 18.6 Å². The van der Waals surface area contributed by atoms with E-state index in [-0.39, 0.29) is 11.9 Å². The molecule has 1 aromatic heterocycles. The van der Waals surface area contributed by atoms with Crippen LogP contribution < -0.4 is 10.6 Å². The van der Waals surface area contributed by atoms with Gasteiger partial charge >= 0.3 is 0 Å². The Morgan fingerprint density at radius 2 is 2.40 bits per heavy atom. The van der Waals surface area contributed by atoms with E-state index in [0.29, 0.717) is 6.54 Å². The molecule has 0 saturated carbocycles. The molecule has 7 heteroatoms. The van der Waals surface area contributed by atoms with Gasteiger partial charge in [-0.2, -0.15) is 11.3 Å². The molecule has 2 heterocycles. The highest BCUT2D eigenvalue weighted by atomic mass is 32.1. The normalized spacial score (nSPS) is 22.9. The molecule has 0 aliphatic carbocycles. The standard InChI is InChI=1S/C13H19F2N3OS/c1-18(2)11(9-3-4-20-7-9)6-16-12(19)10-5-13(14,15)8-17-10/h3-4,7,10-11,17H,5-6,8H2,1-2H3,(H,16,19). The van der Waals surface area contributed by atoms with Crippen LogP contribution in [0.15, 0.2) is 16.8 Å². The van der Waals surface area contributed by atoms with Gasteiger partial charge in [-0.25, -0.2) is 8.78 Å². The predicted molar refractivity (Wildman–Crippen MR) is 75.1 cm³/mol. The van der Waals surface area contributed by atoms with Crippen LogP contribution in [0.5, 0.6) is 0 Å². The summed E-state index contributed by atoms with van der Waals surface area (Å²) in [4.78, 5) is 13.9. The van der Waals surface area contributed by atoms with Gasteiger partial charge in [0.15, 0.2) is 0 Å². The van der Waals surface area contributed by atoms with Gasteiger partial charge in [0.1, 0.15) is 0 Å². The molecule has 112 valence electrons. The lowest BCUT2D eigenvalue weighted by Crippen LogP contribution is -2.43. The first-order valence-corrected chi connectivity index (χ1v) is 7.41. The van der Waals surface area contributed by atoms with Gasteiger partial charge in [0.2, 0.25) is 5.91 Å². The average molecular weight is 303 g/mol. The van der Waals surface area contributed by atoms with Crippen LogP contribution >= 0.6 is 11.3 Å². The van der Waals surface area contributed by atoms with E-state index < -0.39 is 24.9 Å². The Hall–Kier alpha value is -1.05. The molecule has 1 saturated heterocycles. The van der Waals surface area contributed by atoms with E-state index in [4.69, 9.17) is 0 Å². The van der Waals surface area contributed by atoms with Crippen molar-refractivity contribution in [3.05, 3.63) is 22.4 Å². The van der Waals surface area contributed by atoms with Gasteiger partial charge in [-0.15, -0.1) is 0 Å². The number of carbonyl (C=O) groups is 1. The van der Waals surface area contributed by atoms with Crippen LogP contribution in [0.1, 0.15) is 18.0 Å². The van der Waals surface area contributed by atoms with E-state index in [1.807, 2.05) is 35.8 Å². The molecule has 2 unspecified atom stereocenters. The van der Waals surface area contributed by atoms with Crippen molar-refractivity contribution in [2.24, 2.45) is 0 Å². The first kappa shape index (κ1) is 15.3. The summed E-state index contributed by atoms with van der Waals surface area (Å²) in [6, 6.07) is 1.26. The van der Waals surface area contributed by atoms with Crippen molar-refractivity contribution in [3.8, 4) is 0 Å². The minimum Gasteiger partial charge on any atom is -0.353 e. The highest BCUT2D eigenvalue weighted by Crippen LogP contribution is 2.25. The summed E-state index contributed by atoms with van der Waals surface area (Å²) < 4.78 is 26.1. The predicted octanol–water partition coefficient (Wildman–Crippen LogP) is 1.46. The van der Waals surface area contributed by atoms with Crippen LogP contribution in [0.4, 0.5) is 8.78 Å². The second-order valence-corrected chi connectivity index (χ2v) is 6.05. The summed E-state index contributed by atoms with van der Waals surface area (Å²) in [5.74, 6) is -3.14. The number of carbonyl (C=O) groups excluding carboxylic acids is 1. The largest absolute Gasteiger partial charge is 0.353 e. The molecule has 2 N–H and O–H groups in total. The first-order valence-electron chi connectivity index (χ1n) is 6.46. The van der Waals surface area contributed by atoms with Crippen molar-refractivity contribution in [1.29, 1.82) is 0 Å². The van der Waals surface area contributed by atoms with E-state index >= 15 is 0 Å². The summed E-state index contributed by atoms with van der Waals surface area (Å²) in [6.07, 6.45) is -0.427. The number of thiophene rings is 1. The number of nitrogens with one attached hydrogen (secondary N) is 2. The second-order valence-electron chi connectivity index (χ2n) is 5.27. The Morgan fingerprint density at radius 1 is 1.65 bits per heavy atom. The minimum atomic E-state index is -2.78. The van der Waals surface area contributed by atoms with E-state index in [9.17, 15) is 13.6 Å². The van der Waals surface area contributed by atoms with Gasteiger partial charge in [-0.3, -0.25) is 10.1 Å². The summed E-state index contributed by atoms with van der Waals surface area (Å²) in [5, 5.41) is 9.33. The summed E-state index contributed by atoms with van der Waals surface area (Å²) >= 11 is 1.59. The Morgan fingerprint density at radius 3 is 2.90 bits per heavy atom. The molecule has 0 radical (unpaired) electrons. The second kappa shape index (κ2) is 6.15. The van der Waals surface area contributed by atoms with Crippen molar-refractivity contribution in [3.63, 3.8) is 0 Å². The third kappa shape index (κ3) is 3.74.